The fourth-order valence-electron chi connectivity index (χ4n) is 1.64. The number of nitrogens with two attached hydrogens (primary N) is 2. The predicted molar refractivity (Wildman–Crippen MR) is 91.8 cm³/mol. The van der Waals surface area contributed by atoms with Crippen molar-refractivity contribution in [2.24, 2.45) is 11.5 Å². The molecule has 0 fully saturated rings. The van der Waals surface area contributed by atoms with Crippen molar-refractivity contribution >= 4 is 42.2 Å². The van der Waals surface area contributed by atoms with Crippen LogP contribution >= 0.6 is 12.6 Å². The smallest absolute Gasteiger partial charge is 0.326 e. The molecule has 0 aromatic rings. The Balaban J connectivity index is 4.62. The Morgan fingerprint density at radius 1 is 1.04 bits per heavy atom. The van der Waals surface area contributed by atoms with Gasteiger partial charge in [-0.15, -0.1) is 0 Å². The number of aliphatic hydroxyl groups is 1. The van der Waals surface area contributed by atoms with Gasteiger partial charge in [-0.2, -0.15) is 12.6 Å². The van der Waals surface area contributed by atoms with Gasteiger partial charge in [-0.1, -0.05) is 0 Å². The zero-order chi connectivity index (χ0) is 20.3. The first-order valence-corrected chi connectivity index (χ1v) is 8.11. The molecule has 3 unspecified atom stereocenters. The maximum absolute atomic E-state index is 12.1. The van der Waals surface area contributed by atoms with Crippen LogP contribution in [-0.4, -0.2) is 76.8 Å². The highest BCUT2D eigenvalue weighted by Crippen LogP contribution is 1.99. The van der Waals surface area contributed by atoms with Crippen LogP contribution in [0.1, 0.15) is 12.8 Å². The normalized spacial score (nSPS) is 13.8. The van der Waals surface area contributed by atoms with E-state index in [2.05, 4.69) is 28.6 Å². The van der Waals surface area contributed by atoms with Crippen molar-refractivity contribution in [2.75, 3.05) is 18.9 Å². The molecule has 0 aromatic carbocycles. The van der Waals surface area contributed by atoms with E-state index in [9.17, 15) is 24.0 Å². The number of aliphatic carboxylic acids is 1. The molecule has 4 amide bonds. The molecule has 148 valence electrons. The first-order chi connectivity index (χ1) is 12.1. The van der Waals surface area contributed by atoms with Gasteiger partial charge < -0.3 is 37.6 Å². The SMILES string of the molecule is NC(=O)CCC(NC(=O)C(CS)NC(=O)CNC(=O)C(N)CO)C(=O)O. The number of hydrogen-bond acceptors (Lipinski definition) is 8. The molecular weight excluding hydrogens is 370 g/mol. The van der Waals surface area contributed by atoms with Crippen LogP contribution in [0.2, 0.25) is 0 Å². The van der Waals surface area contributed by atoms with Gasteiger partial charge in [0.15, 0.2) is 0 Å². The quantitative estimate of drug-likeness (QED) is 0.151. The lowest BCUT2D eigenvalue weighted by Gasteiger charge is -2.20. The highest BCUT2D eigenvalue weighted by Gasteiger charge is 2.26. The van der Waals surface area contributed by atoms with Gasteiger partial charge in [0.1, 0.15) is 18.1 Å². The van der Waals surface area contributed by atoms with Crippen LogP contribution in [0.5, 0.6) is 0 Å². The molecule has 0 rings (SSSR count). The minimum Gasteiger partial charge on any atom is -0.480 e. The van der Waals surface area contributed by atoms with E-state index in [1.54, 1.807) is 0 Å². The molecule has 0 aromatic heterocycles. The maximum atomic E-state index is 12.1. The summed E-state index contributed by atoms with van der Waals surface area (Å²) in [5.41, 5.74) is 10.2. The van der Waals surface area contributed by atoms with E-state index in [4.69, 9.17) is 21.7 Å². The lowest BCUT2D eigenvalue weighted by molar-refractivity contribution is -0.142. The summed E-state index contributed by atoms with van der Waals surface area (Å²) in [7, 11) is 0. The van der Waals surface area contributed by atoms with Gasteiger partial charge in [0, 0.05) is 12.2 Å². The standard InChI is InChI=1S/C13H23N5O7S/c14-6(4-19)11(22)16-3-10(21)17-8(5-26)12(23)18-7(13(24)25)1-2-9(15)20/h6-8,19,26H,1-5,14H2,(H2,15,20)(H,16,22)(H,17,21)(H,18,23)(H,24,25). The number of carbonyl (C=O) groups excluding carboxylic acids is 4. The minimum absolute atomic E-state index is 0.149. The van der Waals surface area contributed by atoms with Crippen LogP contribution in [0, 0.1) is 0 Å². The summed E-state index contributed by atoms with van der Waals surface area (Å²) in [4.78, 5) is 57.0. The molecule has 0 aliphatic carbocycles. The molecule has 0 aliphatic rings. The second-order valence-corrected chi connectivity index (χ2v) is 5.58. The Morgan fingerprint density at radius 2 is 1.65 bits per heavy atom. The van der Waals surface area contributed by atoms with Crippen LogP contribution in [0.25, 0.3) is 0 Å². The van der Waals surface area contributed by atoms with Gasteiger partial charge in [-0.05, 0) is 6.42 Å². The summed E-state index contributed by atoms with van der Waals surface area (Å²) in [6.07, 6.45) is -0.453. The third kappa shape index (κ3) is 9.19. The highest BCUT2D eigenvalue weighted by atomic mass is 32.1. The Kier molecular flexibility index (Phi) is 10.9. The number of thiol groups is 1. The number of carbonyl (C=O) groups is 5. The molecule has 0 saturated heterocycles. The highest BCUT2D eigenvalue weighted by molar-refractivity contribution is 7.80. The second-order valence-electron chi connectivity index (χ2n) is 5.21. The largest absolute Gasteiger partial charge is 0.480 e. The summed E-state index contributed by atoms with van der Waals surface area (Å²) in [5.74, 6) is -4.57. The van der Waals surface area contributed by atoms with Crippen molar-refractivity contribution < 1.29 is 34.2 Å². The molecule has 13 heteroatoms. The molecular formula is C13H23N5O7S. The van der Waals surface area contributed by atoms with E-state index in [0.29, 0.717) is 0 Å². The Morgan fingerprint density at radius 3 is 2.12 bits per heavy atom. The van der Waals surface area contributed by atoms with Gasteiger partial charge in [0.25, 0.3) is 0 Å². The number of carboxylic acids is 1. The zero-order valence-corrected chi connectivity index (χ0v) is 14.7. The monoisotopic (exact) mass is 393 g/mol. The molecule has 12 nitrogen and oxygen atoms in total. The molecule has 0 aliphatic heterocycles. The third-order valence-corrected chi connectivity index (χ3v) is 3.45. The average Bonchev–Trinajstić information content (AvgIpc) is 2.59. The lowest BCUT2D eigenvalue weighted by atomic mass is 10.1. The van der Waals surface area contributed by atoms with Gasteiger partial charge >= 0.3 is 5.97 Å². The van der Waals surface area contributed by atoms with E-state index in [1.807, 2.05) is 0 Å². The number of nitrogens with one attached hydrogen (secondary N) is 3. The number of aliphatic hydroxyl groups excluding tert-OH is 1. The number of carboxylic acid groups (broad SMARTS) is 1. The summed E-state index contributed by atoms with van der Waals surface area (Å²) in [5, 5.41) is 24.3. The number of amides is 4. The van der Waals surface area contributed by atoms with E-state index in [1.165, 1.54) is 0 Å². The van der Waals surface area contributed by atoms with Crippen molar-refractivity contribution in [1.29, 1.82) is 0 Å². The van der Waals surface area contributed by atoms with Gasteiger partial charge in [-0.25, -0.2) is 4.79 Å². The predicted octanol–water partition coefficient (Wildman–Crippen LogP) is -4.33. The second kappa shape index (κ2) is 12.1. The van der Waals surface area contributed by atoms with Crippen molar-refractivity contribution in [2.45, 2.75) is 31.0 Å². The first kappa shape index (κ1) is 23.6. The molecule has 9 N–H and O–H groups in total. The zero-order valence-electron chi connectivity index (χ0n) is 13.8. The van der Waals surface area contributed by atoms with Crippen molar-refractivity contribution in [3.63, 3.8) is 0 Å². The minimum atomic E-state index is -1.37. The Bertz CT molecular complexity index is 545. The molecule has 26 heavy (non-hydrogen) atoms. The number of rotatable bonds is 12. The Labute approximate surface area is 154 Å². The van der Waals surface area contributed by atoms with Crippen LogP contribution in [0.4, 0.5) is 0 Å². The summed E-state index contributed by atoms with van der Waals surface area (Å²) in [6, 6.07) is -3.73. The molecule has 0 bridgehead atoms. The fourth-order valence-corrected chi connectivity index (χ4v) is 1.89. The van der Waals surface area contributed by atoms with Crippen molar-refractivity contribution in [3.05, 3.63) is 0 Å². The van der Waals surface area contributed by atoms with Crippen LogP contribution in [0.3, 0.4) is 0 Å². The van der Waals surface area contributed by atoms with Crippen molar-refractivity contribution in [1.82, 2.24) is 16.0 Å². The third-order valence-electron chi connectivity index (χ3n) is 3.08. The van der Waals surface area contributed by atoms with Gasteiger partial charge in [0.05, 0.1) is 13.2 Å². The van der Waals surface area contributed by atoms with Crippen LogP contribution in [0.15, 0.2) is 0 Å². The van der Waals surface area contributed by atoms with Crippen molar-refractivity contribution in [3.8, 4) is 0 Å². The van der Waals surface area contributed by atoms with E-state index in [-0.39, 0.29) is 18.6 Å². The summed E-state index contributed by atoms with van der Waals surface area (Å²) >= 11 is 3.91. The fraction of sp³-hybridized carbons (Fsp3) is 0.615. The maximum Gasteiger partial charge on any atom is 0.326 e. The summed E-state index contributed by atoms with van der Waals surface area (Å²) < 4.78 is 0. The van der Waals surface area contributed by atoms with E-state index in [0.717, 1.165) is 0 Å². The average molecular weight is 393 g/mol. The number of hydrogen-bond donors (Lipinski definition) is 8. The van der Waals surface area contributed by atoms with E-state index < -0.39 is 60.9 Å². The van der Waals surface area contributed by atoms with Crippen LogP contribution < -0.4 is 27.4 Å². The molecule has 0 radical (unpaired) electrons. The van der Waals surface area contributed by atoms with Gasteiger partial charge in [0.2, 0.25) is 23.6 Å². The van der Waals surface area contributed by atoms with E-state index >= 15 is 0 Å². The Hall–Kier alpha value is -2.38. The molecule has 0 heterocycles. The van der Waals surface area contributed by atoms with Gasteiger partial charge in [-0.3, -0.25) is 19.2 Å². The molecule has 0 spiro atoms. The first-order valence-electron chi connectivity index (χ1n) is 7.48. The lowest BCUT2D eigenvalue weighted by Crippen LogP contribution is -2.54. The summed E-state index contributed by atoms with van der Waals surface area (Å²) in [6.45, 7) is -1.11. The topological polar surface area (TPSA) is 214 Å². The molecule has 3 atom stereocenters. The number of primary amides is 1. The van der Waals surface area contributed by atoms with Crippen LogP contribution in [-0.2, 0) is 24.0 Å². The molecule has 0 saturated carbocycles.